The fraction of sp³-hybridized carbons (Fsp3) is 0.625. The maximum absolute atomic E-state index is 5.80. The van der Waals surface area contributed by atoms with Crippen LogP contribution in [0.2, 0.25) is 0 Å². The van der Waals surface area contributed by atoms with E-state index < -0.39 is 0 Å². The minimum atomic E-state index is 0.305. The lowest BCUT2D eigenvalue weighted by Gasteiger charge is -2.32. The SMILES string of the molecule is CNC(COC(C)C)C1CCCc2ccccc21. The van der Waals surface area contributed by atoms with E-state index in [0.717, 1.165) is 6.61 Å². The summed E-state index contributed by atoms with van der Waals surface area (Å²) in [6, 6.07) is 9.30. The van der Waals surface area contributed by atoms with Crippen molar-refractivity contribution in [1.82, 2.24) is 5.32 Å². The van der Waals surface area contributed by atoms with Gasteiger partial charge in [0.05, 0.1) is 12.7 Å². The van der Waals surface area contributed by atoms with E-state index in [1.165, 1.54) is 30.4 Å². The van der Waals surface area contributed by atoms with E-state index in [1.54, 1.807) is 0 Å². The minimum Gasteiger partial charge on any atom is -0.377 e. The number of ether oxygens (including phenoxy) is 1. The molecule has 1 aliphatic rings. The van der Waals surface area contributed by atoms with Crippen molar-refractivity contribution < 1.29 is 4.74 Å². The highest BCUT2D eigenvalue weighted by Gasteiger charge is 2.26. The van der Waals surface area contributed by atoms with Crippen LogP contribution in [0.4, 0.5) is 0 Å². The molecule has 2 nitrogen and oxygen atoms in total. The molecule has 1 aromatic carbocycles. The zero-order chi connectivity index (χ0) is 13.0. The molecule has 18 heavy (non-hydrogen) atoms. The lowest BCUT2D eigenvalue weighted by molar-refractivity contribution is 0.0558. The van der Waals surface area contributed by atoms with Crippen LogP contribution in [0.3, 0.4) is 0 Å². The molecule has 2 rings (SSSR count). The first kappa shape index (κ1) is 13.6. The third-order valence-corrected chi connectivity index (χ3v) is 3.88. The predicted octanol–water partition coefficient (Wildman–Crippen LogP) is 3.12. The first-order chi connectivity index (χ1) is 8.72. The molecule has 0 saturated heterocycles. The third-order valence-electron chi connectivity index (χ3n) is 3.88. The van der Waals surface area contributed by atoms with Gasteiger partial charge in [-0.1, -0.05) is 24.3 Å². The Balaban J connectivity index is 2.12. The Kier molecular flexibility index (Phi) is 4.79. The van der Waals surface area contributed by atoms with Gasteiger partial charge < -0.3 is 10.1 Å². The van der Waals surface area contributed by atoms with Crippen LogP contribution in [-0.4, -0.2) is 25.8 Å². The first-order valence-electron chi connectivity index (χ1n) is 7.09. The fourth-order valence-electron chi connectivity index (χ4n) is 2.91. The highest BCUT2D eigenvalue weighted by Crippen LogP contribution is 2.33. The standard InChI is InChI=1S/C16H25NO/c1-12(2)18-11-16(17-3)15-10-6-8-13-7-4-5-9-14(13)15/h4-5,7,9,12,15-17H,6,8,10-11H2,1-3H3. The molecule has 0 bridgehead atoms. The van der Waals surface area contributed by atoms with Crippen molar-refractivity contribution in [1.29, 1.82) is 0 Å². The molecule has 0 radical (unpaired) electrons. The Morgan fingerprint density at radius 3 is 2.83 bits per heavy atom. The van der Waals surface area contributed by atoms with Crippen molar-refractivity contribution in [2.45, 2.75) is 51.2 Å². The van der Waals surface area contributed by atoms with Crippen LogP contribution in [-0.2, 0) is 11.2 Å². The lowest BCUT2D eigenvalue weighted by atomic mass is 9.79. The monoisotopic (exact) mass is 247 g/mol. The highest BCUT2D eigenvalue weighted by atomic mass is 16.5. The van der Waals surface area contributed by atoms with E-state index in [4.69, 9.17) is 4.74 Å². The van der Waals surface area contributed by atoms with Gasteiger partial charge in [-0.25, -0.2) is 0 Å². The van der Waals surface area contributed by atoms with Gasteiger partial charge in [-0.15, -0.1) is 0 Å². The summed E-state index contributed by atoms with van der Waals surface area (Å²) in [7, 11) is 2.05. The zero-order valence-electron chi connectivity index (χ0n) is 11.8. The molecule has 0 aliphatic heterocycles. The molecule has 0 fully saturated rings. The van der Waals surface area contributed by atoms with E-state index in [1.807, 2.05) is 7.05 Å². The second-order valence-corrected chi connectivity index (χ2v) is 5.47. The van der Waals surface area contributed by atoms with Gasteiger partial charge in [0.1, 0.15) is 0 Å². The molecule has 1 N–H and O–H groups in total. The van der Waals surface area contributed by atoms with Gasteiger partial charge >= 0.3 is 0 Å². The smallest absolute Gasteiger partial charge is 0.0628 e. The molecule has 0 amide bonds. The Morgan fingerprint density at radius 1 is 1.33 bits per heavy atom. The Labute approximate surface area is 111 Å². The maximum atomic E-state index is 5.80. The van der Waals surface area contributed by atoms with Crippen LogP contribution in [0.25, 0.3) is 0 Å². The quantitative estimate of drug-likeness (QED) is 0.863. The van der Waals surface area contributed by atoms with Gasteiger partial charge in [0, 0.05) is 12.0 Å². The summed E-state index contributed by atoms with van der Waals surface area (Å²) in [5, 5.41) is 3.44. The van der Waals surface area contributed by atoms with E-state index >= 15 is 0 Å². The number of aryl methyl sites for hydroxylation is 1. The molecule has 100 valence electrons. The van der Waals surface area contributed by atoms with Crippen LogP contribution in [0, 0.1) is 0 Å². The summed E-state index contributed by atoms with van der Waals surface area (Å²) >= 11 is 0. The summed E-state index contributed by atoms with van der Waals surface area (Å²) in [5.41, 5.74) is 3.05. The molecule has 2 atom stereocenters. The van der Waals surface area contributed by atoms with Gasteiger partial charge in [-0.3, -0.25) is 0 Å². The Bertz CT molecular complexity index is 375. The van der Waals surface area contributed by atoms with E-state index in [2.05, 4.69) is 43.4 Å². The van der Waals surface area contributed by atoms with E-state index in [-0.39, 0.29) is 0 Å². The predicted molar refractivity (Wildman–Crippen MR) is 76.1 cm³/mol. The van der Waals surface area contributed by atoms with Gasteiger partial charge in [0.25, 0.3) is 0 Å². The third kappa shape index (κ3) is 3.12. The molecular formula is C16H25NO. The molecule has 0 aromatic heterocycles. The summed E-state index contributed by atoms with van der Waals surface area (Å²) in [6.45, 7) is 5.00. The second-order valence-electron chi connectivity index (χ2n) is 5.47. The van der Waals surface area contributed by atoms with Crippen LogP contribution >= 0.6 is 0 Å². The number of nitrogens with one attached hydrogen (secondary N) is 1. The normalized spacial score (nSPS) is 20.8. The fourth-order valence-corrected chi connectivity index (χ4v) is 2.91. The molecule has 0 heterocycles. The number of rotatable bonds is 5. The van der Waals surface area contributed by atoms with Crippen molar-refractivity contribution in [3.05, 3.63) is 35.4 Å². The van der Waals surface area contributed by atoms with Gasteiger partial charge in [-0.05, 0) is 51.3 Å². The second kappa shape index (κ2) is 6.35. The summed E-state index contributed by atoms with van der Waals surface area (Å²) in [4.78, 5) is 0. The number of hydrogen-bond donors (Lipinski definition) is 1. The molecule has 2 heteroatoms. The van der Waals surface area contributed by atoms with Crippen LogP contribution in [0.15, 0.2) is 24.3 Å². The van der Waals surface area contributed by atoms with Gasteiger partial charge in [0.15, 0.2) is 0 Å². The van der Waals surface area contributed by atoms with E-state index in [9.17, 15) is 0 Å². The summed E-state index contributed by atoms with van der Waals surface area (Å²) in [6.07, 6.45) is 4.10. The lowest BCUT2D eigenvalue weighted by Crippen LogP contribution is -2.38. The number of likely N-dealkylation sites (N-methyl/N-ethyl adjacent to an activating group) is 1. The molecular weight excluding hydrogens is 222 g/mol. The zero-order valence-corrected chi connectivity index (χ0v) is 11.8. The average Bonchev–Trinajstić information content (AvgIpc) is 2.39. The molecule has 0 spiro atoms. The molecule has 1 aliphatic carbocycles. The van der Waals surface area contributed by atoms with Crippen molar-refractivity contribution in [2.24, 2.45) is 0 Å². The average molecular weight is 247 g/mol. The molecule has 2 unspecified atom stereocenters. The van der Waals surface area contributed by atoms with Crippen LogP contribution in [0.1, 0.15) is 43.7 Å². The number of fused-ring (bicyclic) bond motifs is 1. The van der Waals surface area contributed by atoms with Crippen LogP contribution < -0.4 is 5.32 Å². The highest BCUT2D eigenvalue weighted by molar-refractivity contribution is 5.33. The van der Waals surface area contributed by atoms with Crippen molar-refractivity contribution in [3.8, 4) is 0 Å². The first-order valence-corrected chi connectivity index (χ1v) is 7.09. The van der Waals surface area contributed by atoms with Crippen molar-refractivity contribution in [3.63, 3.8) is 0 Å². The van der Waals surface area contributed by atoms with E-state index in [0.29, 0.717) is 18.1 Å². The summed E-state index contributed by atoms with van der Waals surface area (Å²) < 4.78 is 5.80. The van der Waals surface area contributed by atoms with Crippen molar-refractivity contribution in [2.75, 3.05) is 13.7 Å². The van der Waals surface area contributed by atoms with Gasteiger partial charge in [-0.2, -0.15) is 0 Å². The molecule has 1 aromatic rings. The minimum absolute atomic E-state index is 0.305. The van der Waals surface area contributed by atoms with Crippen LogP contribution in [0.5, 0.6) is 0 Å². The largest absolute Gasteiger partial charge is 0.377 e. The Morgan fingerprint density at radius 2 is 2.11 bits per heavy atom. The number of benzene rings is 1. The maximum Gasteiger partial charge on any atom is 0.0628 e. The topological polar surface area (TPSA) is 21.3 Å². The summed E-state index contributed by atoms with van der Waals surface area (Å²) in [5.74, 6) is 0.596. The van der Waals surface area contributed by atoms with Gasteiger partial charge in [0.2, 0.25) is 0 Å². The molecule has 0 saturated carbocycles. The number of hydrogen-bond acceptors (Lipinski definition) is 2. The van der Waals surface area contributed by atoms with Crippen molar-refractivity contribution >= 4 is 0 Å². The Hall–Kier alpha value is -0.860.